The van der Waals surface area contributed by atoms with Crippen LogP contribution in [0.25, 0.3) is 0 Å². The Hall–Kier alpha value is -3.08. The van der Waals surface area contributed by atoms with Crippen LogP contribution in [0.15, 0.2) is 59.1 Å². The van der Waals surface area contributed by atoms with Gasteiger partial charge in [-0.2, -0.15) is 0 Å². The highest BCUT2D eigenvalue weighted by atomic mass is 16.5. The highest BCUT2D eigenvalue weighted by molar-refractivity contribution is 5.89. The van der Waals surface area contributed by atoms with Gasteiger partial charge in [-0.25, -0.2) is 0 Å². The van der Waals surface area contributed by atoms with Crippen LogP contribution in [0.1, 0.15) is 28.5 Å². The number of ether oxygens (including phenoxy) is 1. The minimum absolute atomic E-state index is 0.0905. The van der Waals surface area contributed by atoms with Crippen molar-refractivity contribution in [2.45, 2.75) is 19.4 Å². The van der Waals surface area contributed by atoms with Crippen molar-refractivity contribution in [2.24, 2.45) is 0 Å². The number of carbonyl (C=O) groups is 1. The van der Waals surface area contributed by atoms with Gasteiger partial charge in [0.25, 0.3) is 0 Å². The van der Waals surface area contributed by atoms with E-state index in [4.69, 9.17) is 9.26 Å². The first-order valence-corrected chi connectivity index (χ1v) is 7.78. The number of para-hydroxylation sites is 2. The Labute approximate surface area is 139 Å². The van der Waals surface area contributed by atoms with Crippen LogP contribution in [0, 0.1) is 6.92 Å². The summed E-state index contributed by atoms with van der Waals surface area (Å²) in [5.41, 5.74) is 2.52. The fourth-order valence-corrected chi connectivity index (χ4v) is 2.97. The van der Waals surface area contributed by atoms with Crippen molar-refractivity contribution in [3.8, 4) is 11.5 Å². The Morgan fingerprint density at radius 3 is 2.29 bits per heavy atom. The molecule has 4 rings (SSSR count). The zero-order chi connectivity index (χ0) is 16.5. The summed E-state index contributed by atoms with van der Waals surface area (Å²) in [6.45, 7) is 2.15. The van der Waals surface area contributed by atoms with Gasteiger partial charge in [0.1, 0.15) is 11.5 Å². The van der Waals surface area contributed by atoms with Crippen LogP contribution in [0.2, 0.25) is 0 Å². The highest BCUT2D eigenvalue weighted by Crippen LogP contribution is 2.43. The van der Waals surface area contributed by atoms with Crippen LogP contribution < -0.4 is 10.1 Å². The lowest BCUT2D eigenvalue weighted by Crippen LogP contribution is -2.31. The summed E-state index contributed by atoms with van der Waals surface area (Å²) in [7, 11) is 0. The molecule has 1 N–H and O–H groups in total. The number of aryl methyl sites for hydroxylation is 1. The zero-order valence-corrected chi connectivity index (χ0v) is 13.2. The first-order valence-electron chi connectivity index (χ1n) is 7.78. The van der Waals surface area contributed by atoms with Gasteiger partial charge in [-0.3, -0.25) is 4.79 Å². The smallest absolute Gasteiger partial charge is 0.232 e. The van der Waals surface area contributed by atoms with E-state index in [1.807, 2.05) is 61.5 Å². The predicted molar refractivity (Wildman–Crippen MR) is 87.9 cm³/mol. The number of rotatable bonds is 3. The molecule has 0 atom stereocenters. The van der Waals surface area contributed by atoms with Crippen molar-refractivity contribution in [1.29, 1.82) is 0 Å². The second-order valence-corrected chi connectivity index (χ2v) is 5.76. The van der Waals surface area contributed by atoms with E-state index >= 15 is 0 Å². The number of hydrogen-bond donors (Lipinski definition) is 1. The molecule has 0 spiro atoms. The van der Waals surface area contributed by atoms with Crippen LogP contribution in [0.5, 0.6) is 11.5 Å². The van der Waals surface area contributed by atoms with Crippen LogP contribution in [0.3, 0.4) is 0 Å². The number of fused-ring (bicyclic) bond motifs is 2. The Kier molecular flexibility index (Phi) is 3.54. The molecule has 0 saturated carbocycles. The molecule has 2 heterocycles. The molecule has 1 aliphatic heterocycles. The van der Waals surface area contributed by atoms with Crippen LogP contribution in [0.4, 0.5) is 0 Å². The molecule has 5 heteroatoms. The number of amides is 1. The third-order valence-corrected chi connectivity index (χ3v) is 4.06. The van der Waals surface area contributed by atoms with Gasteiger partial charge in [-0.1, -0.05) is 41.6 Å². The Bertz CT molecular complexity index is 855. The number of hydrogen-bond acceptors (Lipinski definition) is 4. The topological polar surface area (TPSA) is 64.4 Å². The summed E-state index contributed by atoms with van der Waals surface area (Å²) in [5, 5.41) is 6.77. The lowest BCUT2D eigenvalue weighted by Gasteiger charge is -2.27. The quantitative estimate of drug-likeness (QED) is 0.802. The number of aromatic nitrogens is 1. The van der Waals surface area contributed by atoms with Gasteiger partial charge >= 0.3 is 0 Å². The van der Waals surface area contributed by atoms with E-state index in [0.29, 0.717) is 23.8 Å². The maximum atomic E-state index is 12.9. The van der Waals surface area contributed by atoms with E-state index in [-0.39, 0.29) is 5.91 Å². The predicted octanol–water partition coefficient (Wildman–Crippen LogP) is 3.54. The summed E-state index contributed by atoms with van der Waals surface area (Å²) in [4.78, 5) is 12.9. The largest absolute Gasteiger partial charge is 0.457 e. The summed E-state index contributed by atoms with van der Waals surface area (Å²) in [5.74, 6) is 1.57. The number of nitrogens with zero attached hydrogens (tertiary/aromatic N) is 1. The number of benzene rings is 2. The molecule has 1 aromatic heterocycles. The van der Waals surface area contributed by atoms with E-state index in [2.05, 4.69) is 10.5 Å². The summed E-state index contributed by atoms with van der Waals surface area (Å²) in [6, 6.07) is 17.1. The third-order valence-electron chi connectivity index (χ3n) is 4.06. The molecule has 1 amide bonds. The molecule has 5 nitrogen and oxygen atoms in total. The monoisotopic (exact) mass is 320 g/mol. The normalized spacial score (nSPS) is 12.9. The first kappa shape index (κ1) is 14.5. The van der Waals surface area contributed by atoms with E-state index in [1.54, 1.807) is 0 Å². The molecule has 0 radical (unpaired) electrons. The Balaban J connectivity index is 1.65. The molecule has 2 aromatic carbocycles. The SMILES string of the molecule is Cc1cc(CNC(=O)C2c3ccccc3Oc3ccccc32)on1. The second-order valence-electron chi connectivity index (χ2n) is 5.76. The van der Waals surface area contributed by atoms with E-state index in [0.717, 1.165) is 16.8 Å². The zero-order valence-electron chi connectivity index (χ0n) is 13.2. The van der Waals surface area contributed by atoms with Crippen LogP contribution in [-0.4, -0.2) is 11.1 Å². The minimum Gasteiger partial charge on any atom is -0.457 e. The van der Waals surface area contributed by atoms with E-state index in [9.17, 15) is 4.79 Å². The Morgan fingerprint density at radius 2 is 1.71 bits per heavy atom. The molecule has 1 aliphatic rings. The van der Waals surface area contributed by atoms with Gasteiger partial charge in [-0.15, -0.1) is 0 Å². The van der Waals surface area contributed by atoms with Gasteiger partial charge in [0.2, 0.25) is 5.91 Å². The number of carbonyl (C=O) groups excluding carboxylic acids is 1. The fraction of sp³-hybridized carbons (Fsp3) is 0.158. The molecule has 0 saturated heterocycles. The van der Waals surface area contributed by atoms with Crippen LogP contribution in [-0.2, 0) is 11.3 Å². The molecule has 120 valence electrons. The van der Waals surface area contributed by atoms with Gasteiger partial charge in [0.15, 0.2) is 5.76 Å². The lowest BCUT2D eigenvalue weighted by atomic mass is 9.87. The highest BCUT2D eigenvalue weighted by Gasteiger charge is 2.32. The average Bonchev–Trinajstić information content (AvgIpc) is 3.03. The van der Waals surface area contributed by atoms with Crippen LogP contribution >= 0.6 is 0 Å². The Morgan fingerprint density at radius 1 is 1.08 bits per heavy atom. The molecule has 3 aromatic rings. The molecular formula is C19H16N2O3. The fourth-order valence-electron chi connectivity index (χ4n) is 2.97. The van der Waals surface area contributed by atoms with Crippen molar-refractivity contribution < 1.29 is 14.1 Å². The van der Waals surface area contributed by atoms with Crippen molar-refractivity contribution in [2.75, 3.05) is 0 Å². The maximum absolute atomic E-state index is 12.9. The first-order chi connectivity index (χ1) is 11.7. The molecular weight excluding hydrogens is 304 g/mol. The molecule has 0 unspecified atom stereocenters. The maximum Gasteiger partial charge on any atom is 0.232 e. The molecule has 0 aliphatic carbocycles. The summed E-state index contributed by atoms with van der Waals surface area (Å²) >= 11 is 0. The van der Waals surface area contributed by atoms with Crippen molar-refractivity contribution in [1.82, 2.24) is 10.5 Å². The lowest BCUT2D eigenvalue weighted by molar-refractivity contribution is -0.122. The van der Waals surface area contributed by atoms with Crippen molar-refractivity contribution in [3.05, 3.63) is 77.2 Å². The van der Waals surface area contributed by atoms with Crippen molar-refractivity contribution in [3.63, 3.8) is 0 Å². The van der Waals surface area contributed by atoms with Gasteiger partial charge in [-0.05, 0) is 19.1 Å². The minimum atomic E-state index is -0.407. The summed E-state index contributed by atoms with van der Waals surface area (Å²) in [6.07, 6.45) is 0. The third kappa shape index (κ3) is 2.54. The number of nitrogens with one attached hydrogen (secondary N) is 1. The second kappa shape index (κ2) is 5.85. The molecule has 0 bridgehead atoms. The molecule has 0 fully saturated rings. The van der Waals surface area contributed by atoms with Crippen molar-refractivity contribution >= 4 is 5.91 Å². The van der Waals surface area contributed by atoms with Gasteiger partial charge in [0.05, 0.1) is 18.2 Å². The van der Waals surface area contributed by atoms with E-state index in [1.165, 1.54) is 0 Å². The molecule has 24 heavy (non-hydrogen) atoms. The average molecular weight is 320 g/mol. The van der Waals surface area contributed by atoms with Gasteiger partial charge < -0.3 is 14.6 Å². The summed E-state index contributed by atoms with van der Waals surface area (Å²) < 4.78 is 11.1. The van der Waals surface area contributed by atoms with E-state index < -0.39 is 5.92 Å². The standard InChI is InChI=1S/C19H16N2O3/c1-12-10-13(24-21-12)11-20-19(22)18-14-6-2-4-8-16(14)23-17-9-5-3-7-15(17)18/h2-10,18H,11H2,1H3,(H,20,22). The van der Waals surface area contributed by atoms with Gasteiger partial charge in [0, 0.05) is 17.2 Å².